The third-order valence-corrected chi connectivity index (χ3v) is 4.89. The molecule has 0 aromatic heterocycles. The molecule has 3 rings (SSSR count). The first-order valence-electron chi connectivity index (χ1n) is 8.85. The monoisotopic (exact) mass is 375 g/mol. The van der Waals surface area contributed by atoms with E-state index in [1.54, 1.807) is 18.2 Å². The molecule has 1 aliphatic rings. The fourth-order valence-corrected chi connectivity index (χ4v) is 3.26. The first-order chi connectivity index (χ1) is 12.6. The number of hydrogen-bond donors (Lipinski definition) is 2. The molecule has 26 heavy (non-hydrogen) atoms. The Labute approximate surface area is 158 Å². The molecule has 0 spiro atoms. The molecule has 1 fully saturated rings. The average Bonchev–Trinajstić information content (AvgIpc) is 2.64. The Morgan fingerprint density at radius 2 is 1.81 bits per heavy atom. The Hall–Kier alpha value is -2.11. The maximum absolute atomic E-state index is 13.6. The molecule has 1 aliphatic heterocycles. The number of benzene rings is 2. The lowest BCUT2D eigenvalue weighted by Crippen LogP contribution is -2.47. The van der Waals surface area contributed by atoms with Crippen LogP contribution < -0.4 is 10.6 Å². The number of piperidine rings is 1. The van der Waals surface area contributed by atoms with E-state index in [1.807, 2.05) is 24.3 Å². The molecule has 2 N–H and O–H groups in total. The second-order valence-electron chi connectivity index (χ2n) is 6.60. The zero-order valence-corrected chi connectivity index (χ0v) is 15.3. The molecule has 1 heterocycles. The molecule has 1 saturated heterocycles. The molecule has 6 heteroatoms. The number of carbonyl (C=O) groups excluding carboxylic acids is 1. The number of amides is 2. The Kier molecular flexibility index (Phi) is 6.47. The van der Waals surface area contributed by atoms with Gasteiger partial charge in [-0.15, -0.1) is 0 Å². The number of rotatable bonds is 5. The number of nitrogens with zero attached hydrogens (tertiary/aromatic N) is 1. The Balaban J connectivity index is 1.38. The number of likely N-dealkylation sites (tertiary alicyclic amines) is 1. The summed E-state index contributed by atoms with van der Waals surface area (Å²) in [5.74, 6) is -0.302. The molecule has 0 bridgehead atoms. The maximum atomic E-state index is 13.6. The third kappa shape index (κ3) is 5.44. The summed E-state index contributed by atoms with van der Waals surface area (Å²) in [5, 5.41) is 6.46. The van der Waals surface area contributed by atoms with E-state index in [4.69, 9.17) is 11.6 Å². The van der Waals surface area contributed by atoms with Crippen LogP contribution in [0.1, 0.15) is 24.0 Å². The van der Waals surface area contributed by atoms with Crippen molar-refractivity contribution in [1.29, 1.82) is 0 Å². The quantitative estimate of drug-likeness (QED) is 0.831. The van der Waals surface area contributed by atoms with E-state index >= 15 is 0 Å². The molecule has 138 valence electrons. The summed E-state index contributed by atoms with van der Waals surface area (Å²) in [7, 11) is 0. The zero-order chi connectivity index (χ0) is 18.4. The molecular weight excluding hydrogens is 353 g/mol. The van der Waals surface area contributed by atoms with Crippen LogP contribution in [0.25, 0.3) is 0 Å². The van der Waals surface area contributed by atoms with Crippen molar-refractivity contribution in [3.63, 3.8) is 0 Å². The summed E-state index contributed by atoms with van der Waals surface area (Å²) < 4.78 is 13.6. The van der Waals surface area contributed by atoms with Gasteiger partial charge in [-0.1, -0.05) is 41.9 Å². The SMILES string of the molecule is O=C(NCc1ccccc1F)NC1CCN(Cc2ccc(Cl)cc2)CC1. The molecule has 4 nitrogen and oxygen atoms in total. The normalized spacial score (nSPS) is 15.6. The van der Waals surface area contributed by atoms with E-state index in [2.05, 4.69) is 15.5 Å². The van der Waals surface area contributed by atoms with Crippen LogP contribution in [0.5, 0.6) is 0 Å². The van der Waals surface area contributed by atoms with Crippen molar-refractivity contribution in [3.8, 4) is 0 Å². The van der Waals surface area contributed by atoms with Crippen molar-refractivity contribution < 1.29 is 9.18 Å². The number of halogens is 2. The highest BCUT2D eigenvalue weighted by Crippen LogP contribution is 2.16. The lowest BCUT2D eigenvalue weighted by atomic mass is 10.0. The van der Waals surface area contributed by atoms with Crippen LogP contribution in [0.15, 0.2) is 48.5 Å². The van der Waals surface area contributed by atoms with Gasteiger partial charge in [0.25, 0.3) is 0 Å². The van der Waals surface area contributed by atoms with Gasteiger partial charge in [0.2, 0.25) is 0 Å². The van der Waals surface area contributed by atoms with Crippen LogP contribution in [0.4, 0.5) is 9.18 Å². The summed E-state index contributed by atoms with van der Waals surface area (Å²) in [6, 6.07) is 14.3. The van der Waals surface area contributed by atoms with E-state index < -0.39 is 0 Å². The summed E-state index contributed by atoms with van der Waals surface area (Å²) >= 11 is 5.91. The van der Waals surface area contributed by atoms with Crippen LogP contribution in [0.2, 0.25) is 5.02 Å². The van der Waals surface area contributed by atoms with Crippen LogP contribution in [0.3, 0.4) is 0 Å². The summed E-state index contributed by atoms with van der Waals surface area (Å²) in [6.45, 7) is 2.94. The predicted molar refractivity (Wildman–Crippen MR) is 102 cm³/mol. The third-order valence-electron chi connectivity index (χ3n) is 4.64. The first kappa shape index (κ1) is 18.7. The number of hydrogen-bond acceptors (Lipinski definition) is 2. The smallest absolute Gasteiger partial charge is 0.315 e. The fraction of sp³-hybridized carbons (Fsp3) is 0.350. The Bertz CT molecular complexity index is 730. The van der Waals surface area contributed by atoms with Gasteiger partial charge in [0.05, 0.1) is 0 Å². The molecule has 0 unspecified atom stereocenters. The minimum atomic E-state index is -0.302. The minimum Gasteiger partial charge on any atom is -0.335 e. The molecule has 0 radical (unpaired) electrons. The first-order valence-corrected chi connectivity index (χ1v) is 9.22. The van der Waals surface area contributed by atoms with Crippen molar-refractivity contribution in [3.05, 3.63) is 70.5 Å². The van der Waals surface area contributed by atoms with Gasteiger partial charge in [-0.25, -0.2) is 9.18 Å². The van der Waals surface area contributed by atoms with Gasteiger partial charge in [-0.05, 0) is 36.6 Å². The second kappa shape index (κ2) is 9.01. The van der Waals surface area contributed by atoms with Gasteiger partial charge in [0, 0.05) is 42.8 Å². The topological polar surface area (TPSA) is 44.4 Å². The molecule has 0 aliphatic carbocycles. The highest BCUT2D eigenvalue weighted by molar-refractivity contribution is 6.30. The van der Waals surface area contributed by atoms with Gasteiger partial charge in [-0.3, -0.25) is 4.90 Å². The largest absolute Gasteiger partial charge is 0.335 e. The summed E-state index contributed by atoms with van der Waals surface area (Å²) in [4.78, 5) is 14.4. The minimum absolute atomic E-state index is 0.150. The van der Waals surface area contributed by atoms with Crippen molar-refractivity contribution in [2.75, 3.05) is 13.1 Å². The fourth-order valence-electron chi connectivity index (χ4n) is 3.14. The Morgan fingerprint density at radius 1 is 1.12 bits per heavy atom. The molecular formula is C20H23ClFN3O. The van der Waals surface area contributed by atoms with Gasteiger partial charge in [0.15, 0.2) is 0 Å². The van der Waals surface area contributed by atoms with Crippen molar-refractivity contribution in [2.45, 2.75) is 32.0 Å². The van der Waals surface area contributed by atoms with Crippen LogP contribution in [-0.4, -0.2) is 30.1 Å². The molecule has 2 aromatic rings. The number of nitrogens with one attached hydrogen (secondary N) is 2. The maximum Gasteiger partial charge on any atom is 0.315 e. The summed E-state index contributed by atoms with van der Waals surface area (Å²) in [5.41, 5.74) is 1.73. The Morgan fingerprint density at radius 3 is 2.50 bits per heavy atom. The summed E-state index contributed by atoms with van der Waals surface area (Å²) in [6.07, 6.45) is 1.81. The van der Waals surface area contributed by atoms with E-state index in [1.165, 1.54) is 11.6 Å². The van der Waals surface area contributed by atoms with Gasteiger partial charge < -0.3 is 10.6 Å². The average molecular weight is 376 g/mol. The molecule has 0 atom stereocenters. The number of urea groups is 1. The highest BCUT2D eigenvalue weighted by Gasteiger charge is 2.20. The molecule has 2 aromatic carbocycles. The van der Waals surface area contributed by atoms with Crippen molar-refractivity contribution in [1.82, 2.24) is 15.5 Å². The number of carbonyl (C=O) groups is 1. The van der Waals surface area contributed by atoms with Gasteiger partial charge in [0.1, 0.15) is 5.82 Å². The van der Waals surface area contributed by atoms with Gasteiger partial charge >= 0.3 is 6.03 Å². The van der Waals surface area contributed by atoms with E-state index in [0.29, 0.717) is 5.56 Å². The molecule has 2 amide bonds. The highest BCUT2D eigenvalue weighted by atomic mass is 35.5. The molecule has 0 saturated carbocycles. The second-order valence-corrected chi connectivity index (χ2v) is 7.03. The van der Waals surface area contributed by atoms with Crippen molar-refractivity contribution >= 4 is 17.6 Å². The van der Waals surface area contributed by atoms with E-state index in [9.17, 15) is 9.18 Å². The lowest BCUT2D eigenvalue weighted by Gasteiger charge is -2.32. The zero-order valence-electron chi connectivity index (χ0n) is 14.6. The van der Waals surface area contributed by atoms with Gasteiger partial charge in [-0.2, -0.15) is 0 Å². The van der Waals surface area contributed by atoms with Crippen molar-refractivity contribution in [2.24, 2.45) is 0 Å². The lowest BCUT2D eigenvalue weighted by molar-refractivity contribution is 0.186. The van der Waals surface area contributed by atoms with Crippen LogP contribution in [-0.2, 0) is 13.1 Å². The standard InChI is InChI=1S/C20H23ClFN3O/c21-17-7-5-15(6-8-17)14-25-11-9-18(10-12-25)24-20(26)23-13-16-3-1-2-4-19(16)22/h1-8,18H,9-14H2,(H2,23,24,26). The predicted octanol–water partition coefficient (Wildman–Crippen LogP) is 3.94. The van der Waals surface area contributed by atoms with E-state index in [-0.39, 0.29) is 24.4 Å². The van der Waals surface area contributed by atoms with E-state index in [0.717, 1.165) is 37.5 Å². The van der Waals surface area contributed by atoms with Crippen LogP contribution in [0, 0.1) is 5.82 Å². The van der Waals surface area contributed by atoms with Crippen LogP contribution >= 0.6 is 11.6 Å².